The molecule has 104 valence electrons. The zero-order chi connectivity index (χ0) is 13.9. The minimum absolute atomic E-state index is 0.497. The predicted molar refractivity (Wildman–Crippen MR) is 80.9 cm³/mol. The zero-order valence-corrected chi connectivity index (χ0v) is 11.6. The fourth-order valence-electron chi connectivity index (χ4n) is 2.27. The Morgan fingerprint density at radius 2 is 2.00 bits per heavy atom. The summed E-state index contributed by atoms with van der Waals surface area (Å²) in [6.45, 7) is 2.95. The van der Waals surface area contributed by atoms with Crippen LogP contribution in [0.5, 0.6) is 0 Å². The first-order valence-electron chi connectivity index (χ1n) is 7.00. The number of hydrazine groups is 1. The minimum Gasteiger partial charge on any atom is -0.326 e. The Kier molecular flexibility index (Phi) is 3.52. The van der Waals surface area contributed by atoms with Crippen LogP contribution >= 0.6 is 0 Å². The number of nitrogens with one attached hydrogen (secondary N) is 1. The number of hydrogen-bond acceptors (Lipinski definition) is 5. The second kappa shape index (κ2) is 5.46. The summed E-state index contributed by atoms with van der Waals surface area (Å²) in [6, 6.07) is 12.1. The molecule has 1 aromatic heterocycles. The molecule has 0 spiro atoms. The van der Waals surface area contributed by atoms with Crippen LogP contribution in [0, 0.1) is 0 Å². The monoisotopic (exact) mass is 269 g/mol. The lowest BCUT2D eigenvalue weighted by atomic mass is 10.2. The van der Waals surface area contributed by atoms with E-state index < -0.39 is 0 Å². The number of nitrogens with zero attached hydrogens (tertiary/aromatic N) is 3. The predicted octanol–water partition coefficient (Wildman–Crippen LogP) is 2.80. The lowest BCUT2D eigenvalue weighted by Crippen LogP contribution is -2.19. The minimum atomic E-state index is 0.497. The summed E-state index contributed by atoms with van der Waals surface area (Å²) < 4.78 is 0. The molecule has 5 nitrogen and oxygen atoms in total. The Morgan fingerprint density at radius 1 is 1.25 bits per heavy atom. The molecule has 2 aromatic rings. The lowest BCUT2D eigenvalue weighted by molar-refractivity contribution is 0.894. The van der Waals surface area contributed by atoms with E-state index in [2.05, 4.69) is 34.4 Å². The van der Waals surface area contributed by atoms with Gasteiger partial charge in [-0.25, -0.2) is 15.8 Å². The molecule has 0 bridgehead atoms. The van der Waals surface area contributed by atoms with Crippen molar-refractivity contribution < 1.29 is 0 Å². The average molecular weight is 269 g/mol. The number of hydrogen-bond donors (Lipinski definition) is 2. The van der Waals surface area contributed by atoms with Crippen LogP contribution in [0.1, 0.15) is 31.5 Å². The Hall–Kier alpha value is -2.14. The third-order valence-corrected chi connectivity index (χ3v) is 3.48. The van der Waals surface area contributed by atoms with Gasteiger partial charge < -0.3 is 10.3 Å². The highest BCUT2D eigenvalue weighted by Crippen LogP contribution is 2.39. The van der Waals surface area contributed by atoms with Crippen molar-refractivity contribution in [2.75, 3.05) is 16.9 Å². The van der Waals surface area contributed by atoms with Crippen LogP contribution in [0.2, 0.25) is 0 Å². The van der Waals surface area contributed by atoms with Gasteiger partial charge in [0, 0.05) is 24.2 Å². The maximum Gasteiger partial charge on any atom is 0.145 e. The highest BCUT2D eigenvalue weighted by molar-refractivity contribution is 5.62. The van der Waals surface area contributed by atoms with Crippen molar-refractivity contribution in [2.24, 2.45) is 5.84 Å². The molecule has 0 saturated heterocycles. The molecule has 3 rings (SSSR count). The third kappa shape index (κ3) is 2.58. The first kappa shape index (κ1) is 12.9. The summed E-state index contributed by atoms with van der Waals surface area (Å²) in [4.78, 5) is 11.3. The van der Waals surface area contributed by atoms with Gasteiger partial charge in [0.25, 0.3) is 0 Å². The van der Waals surface area contributed by atoms with Gasteiger partial charge in [0.05, 0.1) is 0 Å². The maximum atomic E-state index is 5.53. The average Bonchev–Trinajstić information content (AvgIpc) is 3.33. The van der Waals surface area contributed by atoms with Crippen molar-refractivity contribution in [1.29, 1.82) is 0 Å². The van der Waals surface area contributed by atoms with Crippen LogP contribution in [0.4, 0.5) is 17.3 Å². The molecule has 1 aliphatic rings. The number of nitrogens with two attached hydrogens (primary N) is 1. The van der Waals surface area contributed by atoms with Gasteiger partial charge in [0.15, 0.2) is 0 Å². The smallest absolute Gasteiger partial charge is 0.145 e. The number of anilines is 3. The Balaban J connectivity index is 2.00. The van der Waals surface area contributed by atoms with Crippen molar-refractivity contribution in [3.63, 3.8) is 0 Å². The number of rotatable bonds is 5. The number of para-hydroxylation sites is 1. The van der Waals surface area contributed by atoms with E-state index in [1.165, 1.54) is 12.8 Å². The van der Waals surface area contributed by atoms with Crippen molar-refractivity contribution >= 4 is 17.3 Å². The van der Waals surface area contributed by atoms with E-state index in [9.17, 15) is 0 Å². The zero-order valence-electron chi connectivity index (χ0n) is 11.6. The van der Waals surface area contributed by atoms with Crippen LogP contribution in [0.3, 0.4) is 0 Å². The summed E-state index contributed by atoms with van der Waals surface area (Å²) in [5.74, 6) is 8.48. The quantitative estimate of drug-likeness (QED) is 0.645. The van der Waals surface area contributed by atoms with Crippen molar-refractivity contribution in [2.45, 2.75) is 25.7 Å². The van der Waals surface area contributed by atoms with E-state index >= 15 is 0 Å². The van der Waals surface area contributed by atoms with E-state index in [0.717, 1.165) is 23.9 Å². The standard InChI is InChI=1S/C15H19N5/c1-2-20(12-6-4-3-5-7-12)14-10-13(19-16)17-15(18-14)11-8-9-11/h3-7,10-11H,2,8-9,16H2,1H3,(H,17,18,19). The Bertz CT molecular complexity index is 580. The molecule has 0 atom stereocenters. The molecule has 1 aliphatic carbocycles. The van der Waals surface area contributed by atoms with Gasteiger partial charge >= 0.3 is 0 Å². The topological polar surface area (TPSA) is 67.1 Å². The van der Waals surface area contributed by atoms with Gasteiger partial charge in [0.1, 0.15) is 17.5 Å². The molecule has 5 heteroatoms. The number of aromatic nitrogens is 2. The summed E-state index contributed by atoms with van der Waals surface area (Å²) in [5.41, 5.74) is 3.77. The van der Waals surface area contributed by atoms with E-state index in [1.54, 1.807) is 0 Å². The van der Waals surface area contributed by atoms with Crippen LogP contribution < -0.4 is 16.2 Å². The lowest BCUT2D eigenvalue weighted by Gasteiger charge is -2.23. The van der Waals surface area contributed by atoms with E-state index in [1.807, 2.05) is 24.3 Å². The Labute approximate surface area is 118 Å². The molecule has 1 fully saturated rings. The molecule has 1 aromatic carbocycles. The van der Waals surface area contributed by atoms with E-state index in [-0.39, 0.29) is 0 Å². The Morgan fingerprint density at radius 3 is 2.60 bits per heavy atom. The van der Waals surface area contributed by atoms with Crippen LogP contribution in [0.15, 0.2) is 36.4 Å². The molecule has 0 amide bonds. The fourth-order valence-corrected chi connectivity index (χ4v) is 2.27. The van der Waals surface area contributed by atoms with Gasteiger partial charge in [0.2, 0.25) is 0 Å². The van der Waals surface area contributed by atoms with Crippen LogP contribution in [0.25, 0.3) is 0 Å². The van der Waals surface area contributed by atoms with Gasteiger partial charge in [-0.3, -0.25) is 0 Å². The summed E-state index contributed by atoms with van der Waals surface area (Å²) in [7, 11) is 0. The molecule has 0 radical (unpaired) electrons. The molecular formula is C15H19N5. The summed E-state index contributed by atoms with van der Waals surface area (Å²) >= 11 is 0. The summed E-state index contributed by atoms with van der Waals surface area (Å²) in [6.07, 6.45) is 2.34. The fraction of sp³-hybridized carbons (Fsp3) is 0.333. The molecule has 20 heavy (non-hydrogen) atoms. The van der Waals surface area contributed by atoms with Gasteiger partial charge in [-0.2, -0.15) is 0 Å². The SMILES string of the molecule is CCN(c1ccccc1)c1cc(NN)nc(C2CC2)n1. The molecule has 1 saturated carbocycles. The van der Waals surface area contributed by atoms with Crippen molar-refractivity contribution in [3.8, 4) is 0 Å². The second-order valence-corrected chi connectivity index (χ2v) is 4.97. The second-order valence-electron chi connectivity index (χ2n) is 4.97. The molecular weight excluding hydrogens is 250 g/mol. The van der Waals surface area contributed by atoms with E-state index in [0.29, 0.717) is 11.7 Å². The van der Waals surface area contributed by atoms with Gasteiger partial charge in [-0.1, -0.05) is 18.2 Å². The van der Waals surface area contributed by atoms with Gasteiger partial charge in [-0.15, -0.1) is 0 Å². The maximum absolute atomic E-state index is 5.53. The first-order chi connectivity index (χ1) is 9.81. The van der Waals surface area contributed by atoms with Crippen molar-refractivity contribution in [3.05, 3.63) is 42.2 Å². The van der Waals surface area contributed by atoms with Crippen molar-refractivity contribution in [1.82, 2.24) is 9.97 Å². The molecule has 1 heterocycles. The van der Waals surface area contributed by atoms with Gasteiger partial charge in [-0.05, 0) is 31.9 Å². The highest BCUT2D eigenvalue weighted by Gasteiger charge is 2.28. The van der Waals surface area contributed by atoms with Crippen LogP contribution in [-0.4, -0.2) is 16.5 Å². The summed E-state index contributed by atoms with van der Waals surface area (Å²) in [5, 5.41) is 0. The molecule has 0 aliphatic heterocycles. The normalized spacial score (nSPS) is 14.1. The number of benzene rings is 1. The van der Waals surface area contributed by atoms with Crippen LogP contribution in [-0.2, 0) is 0 Å². The first-order valence-corrected chi connectivity index (χ1v) is 7.00. The van der Waals surface area contributed by atoms with E-state index in [4.69, 9.17) is 10.8 Å². The number of nitrogen functional groups attached to an aromatic ring is 1. The highest BCUT2D eigenvalue weighted by atomic mass is 15.3. The molecule has 3 N–H and O–H groups in total. The third-order valence-electron chi connectivity index (χ3n) is 3.48. The largest absolute Gasteiger partial charge is 0.326 e. The molecule has 0 unspecified atom stereocenters.